The van der Waals surface area contributed by atoms with Crippen LogP contribution in [0.4, 0.5) is 0 Å². The Kier molecular flexibility index (Phi) is 7.44. The molecule has 1 aliphatic heterocycles. The number of hydrogen-bond acceptors (Lipinski definition) is 4. The molecule has 7 heteroatoms. The fraction of sp³-hybridized carbons (Fsp3) is 0.526. The third kappa shape index (κ3) is 6.38. The molecule has 0 spiro atoms. The molecule has 0 aliphatic carbocycles. The quantitative estimate of drug-likeness (QED) is 0.734. The van der Waals surface area contributed by atoms with E-state index in [1.54, 1.807) is 9.80 Å². The van der Waals surface area contributed by atoms with Gasteiger partial charge in [-0.25, -0.2) is 0 Å². The van der Waals surface area contributed by atoms with E-state index in [1.807, 2.05) is 31.2 Å². The highest BCUT2D eigenvalue weighted by atomic mass is 16.5. The third-order valence-corrected chi connectivity index (χ3v) is 4.33. The maximum atomic E-state index is 12.1. The summed E-state index contributed by atoms with van der Waals surface area (Å²) in [5.41, 5.74) is 1.12. The number of amides is 3. The van der Waals surface area contributed by atoms with Gasteiger partial charge in [0.05, 0.1) is 6.54 Å². The predicted octanol–water partition coefficient (Wildman–Crippen LogP) is 0.961. The van der Waals surface area contributed by atoms with Crippen LogP contribution in [0.15, 0.2) is 24.3 Å². The molecule has 1 fully saturated rings. The Morgan fingerprint density at radius 1 is 1.08 bits per heavy atom. The molecular formula is C19H27N3O4. The van der Waals surface area contributed by atoms with Gasteiger partial charge in [-0.1, -0.05) is 12.1 Å². The normalized spacial score (nSPS) is 14.1. The lowest BCUT2D eigenvalue weighted by molar-refractivity contribution is -0.139. The van der Waals surface area contributed by atoms with Crippen molar-refractivity contribution in [2.45, 2.75) is 26.7 Å². The molecule has 1 N–H and O–H groups in total. The van der Waals surface area contributed by atoms with Crippen molar-refractivity contribution in [3.63, 3.8) is 0 Å². The topological polar surface area (TPSA) is 79.0 Å². The SMILES string of the molecule is CC(=O)N1CCN(C(=O)CCC(=O)NCCOc2cccc(C)c2)CC1. The number of ether oxygens (including phenoxy) is 1. The van der Waals surface area contributed by atoms with Crippen LogP contribution in [0, 0.1) is 6.92 Å². The molecule has 0 saturated carbocycles. The number of benzene rings is 1. The van der Waals surface area contributed by atoms with E-state index in [4.69, 9.17) is 4.74 Å². The molecule has 0 atom stereocenters. The summed E-state index contributed by atoms with van der Waals surface area (Å²) in [6.45, 7) is 6.49. The van der Waals surface area contributed by atoms with Gasteiger partial charge in [-0.15, -0.1) is 0 Å². The number of aryl methyl sites for hydroxylation is 1. The highest BCUT2D eigenvalue weighted by molar-refractivity contribution is 5.84. The van der Waals surface area contributed by atoms with Gasteiger partial charge in [0.1, 0.15) is 12.4 Å². The Morgan fingerprint density at radius 3 is 2.42 bits per heavy atom. The van der Waals surface area contributed by atoms with E-state index in [0.29, 0.717) is 39.3 Å². The zero-order valence-electron chi connectivity index (χ0n) is 15.5. The zero-order valence-corrected chi connectivity index (χ0v) is 15.5. The van der Waals surface area contributed by atoms with Crippen molar-refractivity contribution in [1.82, 2.24) is 15.1 Å². The molecule has 26 heavy (non-hydrogen) atoms. The molecule has 0 radical (unpaired) electrons. The summed E-state index contributed by atoms with van der Waals surface area (Å²) < 4.78 is 5.57. The molecule has 1 aromatic rings. The molecule has 0 bridgehead atoms. The lowest BCUT2D eigenvalue weighted by Crippen LogP contribution is -2.50. The Hall–Kier alpha value is -2.57. The van der Waals surface area contributed by atoms with E-state index >= 15 is 0 Å². The van der Waals surface area contributed by atoms with Crippen molar-refractivity contribution in [1.29, 1.82) is 0 Å². The Bertz CT molecular complexity index is 639. The number of carbonyl (C=O) groups excluding carboxylic acids is 3. The van der Waals surface area contributed by atoms with Crippen LogP contribution in [0.1, 0.15) is 25.3 Å². The maximum absolute atomic E-state index is 12.1. The Morgan fingerprint density at radius 2 is 1.77 bits per heavy atom. The van der Waals surface area contributed by atoms with Crippen LogP contribution in [-0.2, 0) is 14.4 Å². The fourth-order valence-corrected chi connectivity index (χ4v) is 2.80. The Labute approximate surface area is 154 Å². The van der Waals surface area contributed by atoms with E-state index in [9.17, 15) is 14.4 Å². The van der Waals surface area contributed by atoms with Gasteiger partial charge < -0.3 is 19.9 Å². The first kappa shape index (κ1) is 19.8. The maximum Gasteiger partial charge on any atom is 0.223 e. The monoisotopic (exact) mass is 361 g/mol. The molecule has 3 amide bonds. The average Bonchev–Trinajstić information content (AvgIpc) is 2.63. The van der Waals surface area contributed by atoms with Crippen LogP contribution in [-0.4, -0.2) is 66.9 Å². The predicted molar refractivity (Wildman–Crippen MR) is 97.8 cm³/mol. The van der Waals surface area contributed by atoms with Crippen molar-refractivity contribution in [3.8, 4) is 5.75 Å². The highest BCUT2D eigenvalue weighted by Crippen LogP contribution is 2.11. The molecule has 1 saturated heterocycles. The van der Waals surface area contributed by atoms with Crippen LogP contribution in [0.2, 0.25) is 0 Å². The van der Waals surface area contributed by atoms with Crippen molar-refractivity contribution < 1.29 is 19.1 Å². The number of piperazine rings is 1. The number of nitrogens with one attached hydrogen (secondary N) is 1. The molecule has 1 aromatic carbocycles. The summed E-state index contributed by atoms with van der Waals surface area (Å²) in [6.07, 6.45) is 0.348. The minimum Gasteiger partial charge on any atom is -0.492 e. The van der Waals surface area contributed by atoms with Crippen LogP contribution < -0.4 is 10.1 Å². The minimum atomic E-state index is -0.159. The molecule has 0 aromatic heterocycles. The third-order valence-electron chi connectivity index (χ3n) is 4.33. The molecular weight excluding hydrogens is 334 g/mol. The van der Waals surface area contributed by atoms with Crippen molar-refractivity contribution >= 4 is 17.7 Å². The first-order valence-corrected chi connectivity index (χ1v) is 8.95. The lowest BCUT2D eigenvalue weighted by Gasteiger charge is -2.34. The molecule has 2 rings (SSSR count). The fourth-order valence-electron chi connectivity index (χ4n) is 2.80. The van der Waals surface area contributed by atoms with Gasteiger partial charge >= 0.3 is 0 Å². The largest absolute Gasteiger partial charge is 0.492 e. The number of nitrogens with zero attached hydrogens (tertiary/aromatic N) is 2. The summed E-state index contributed by atoms with van der Waals surface area (Å²) in [4.78, 5) is 38.7. The van der Waals surface area contributed by atoms with Gasteiger partial charge in [0.15, 0.2) is 0 Å². The van der Waals surface area contributed by atoms with Gasteiger partial charge in [0.2, 0.25) is 17.7 Å². The van der Waals surface area contributed by atoms with E-state index in [-0.39, 0.29) is 30.6 Å². The van der Waals surface area contributed by atoms with E-state index in [2.05, 4.69) is 5.32 Å². The average molecular weight is 361 g/mol. The summed E-state index contributed by atoms with van der Waals surface area (Å²) in [7, 11) is 0. The summed E-state index contributed by atoms with van der Waals surface area (Å²) in [6, 6.07) is 7.72. The smallest absolute Gasteiger partial charge is 0.223 e. The minimum absolute atomic E-state index is 0.0318. The summed E-state index contributed by atoms with van der Waals surface area (Å²) in [5, 5.41) is 2.76. The van der Waals surface area contributed by atoms with Crippen LogP contribution in [0.5, 0.6) is 5.75 Å². The van der Waals surface area contributed by atoms with E-state index in [0.717, 1.165) is 11.3 Å². The van der Waals surface area contributed by atoms with E-state index < -0.39 is 0 Å². The van der Waals surface area contributed by atoms with Gasteiger partial charge in [0, 0.05) is 45.9 Å². The zero-order chi connectivity index (χ0) is 18.9. The first-order chi connectivity index (χ1) is 12.5. The lowest BCUT2D eigenvalue weighted by atomic mass is 10.2. The molecule has 1 heterocycles. The second kappa shape index (κ2) is 9.79. The molecule has 0 unspecified atom stereocenters. The number of hydrogen-bond donors (Lipinski definition) is 1. The number of rotatable bonds is 7. The van der Waals surface area contributed by atoms with Crippen molar-refractivity contribution in [2.24, 2.45) is 0 Å². The standard InChI is InChI=1S/C19H27N3O4/c1-15-4-3-5-17(14-15)26-13-8-20-18(24)6-7-19(25)22-11-9-21(10-12-22)16(2)23/h3-5,14H,6-13H2,1-2H3,(H,20,24). The molecule has 1 aliphatic rings. The highest BCUT2D eigenvalue weighted by Gasteiger charge is 2.22. The first-order valence-electron chi connectivity index (χ1n) is 8.95. The van der Waals surface area contributed by atoms with E-state index in [1.165, 1.54) is 6.92 Å². The van der Waals surface area contributed by atoms with Gasteiger partial charge in [0.25, 0.3) is 0 Å². The van der Waals surface area contributed by atoms with Gasteiger partial charge in [-0.3, -0.25) is 14.4 Å². The number of carbonyl (C=O) groups is 3. The second-order valence-electron chi connectivity index (χ2n) is 6.40. The Balaban J connectivity index is 1.58. The summed E-state index contributed by atoms with van der Waals surface area (Å²) in [5.74, 6) is 0.608. The summed E-state index contributed by atoms with van der Waals surface area (Å²) >= 11 is 0. The van der Waals surface area contributed by atoms with Gasteiger partial charge in [-0.2, -0.15) is 0 Å². The second-order valence-corrected chi connectivity index (χ2v) is 6.40. The van der Waals surface area contributed by atoms with Crippen molar-refractivity contribution in [2.75, 3.05) is 39.3 Å². The van der Waals surface area contributed by atoms with Crippen LogP contribution in [0.3, 0.4) is 0 Å². The molecule has 7 nitrogen and oxygen atoms in total. The van der Waals surface area contributed by atoms with Crippen LogP contribution >= 0.6 is 0 Å². The molecule has 142 valence electrons. The van der Waals surface area contributed by atoms with Crippen molar-refractivity contribution in [3.05, 3.63) is 29.8 Å². The van der Waals surface area contributed by atoms with Crippen LogP contribution in [0.25, 0.3) is 0 Å². The van der Waals surface area contributed by atoms with Gasteiger partial charge in [-0.05, 0) is 24.6 Å².